The van der Waals surface area contributed by atoms with Crippen LogP contribution < -0.4 is 15.4 Å². The van der Waals surface area contributed by atoms with E-state index in [1.807, 2.05) is 0 Å². The first kappa shape index (κ1) is 22.5. The predicted octanol–water partition coefficient (Wildman–Crippen LogP) is 1.90. The van der Waals surface area contributed by atoms with E-state index >= 15 is 0 Å². The summed E-state index contributed by atoms with van der Waals surface area (Å²) < 4.78 is 28.6. The van der Waals surface area contributed by atoms with Crippen molar-refractivity contribution < 1.29 is 13.2 Å². The maximum absolute atomic E-state index is 11.5. The van der Waals surface area contributed by atoms with E-state index in [0.29, 0.717) is 29.8 Å². The van der Waals surface area contributed by atoms with Crippen molar-refractivity contribution in [1.82, 2.24) is 15.5 Å². The van der Waals surface area contributed by atoms with Crippen LogP contribution >= 0.6 is 0 Å². The van der Waals surface area contributed by atoms with E-state index in [1.165, 1.54) is 19.2 Å². The molecule has 0 radical (unpaired) electrons. The molecule has 0 saturated carbocycles. The number of hydrogen-bond donors (Lipinski definition) is 2. The van der Waals surface area contributed by atoms with E-state index in [2.05, 4.69) is 34.4 Å². The van der Waals surface area contributed by atoms with Crippen molar-refractivity contribution in [3.8, 4) is 5.75 Å². The minimum Gasteiger partial charge on any atom is -0.492 e. The molecule has 2 rings (SSSR count). The number of sulfone groups is 1. The lowest BCUT2D eigenvalue weighted by Gasteiger charge is -2.32. The van der Waals surface area contributed by atoms with Crippen LogP contribution in [0.2, 0.25) is 0 Å². The summed E-state index contributed by atoms with van der Waals surface area (Å²) in [4.78, 5) is 7.41. The van der Waals surface area contributed by atoms with Gasteiger partial charge in [-0.2, -0.15) is 0 Å². The Balaban J connectivity index is 1.78. The van der Waals surface area contributed by atoms with Crippen LogP contribution in [0.4, 0.5) is 0 Å². The Bertz CT molecular complexity index is 711. The molecule has 0 unspecified atom stereocenters. The summed E-state index contributed by atoms with van der Waals surface area (Å²) in [6, 6.07) is 6.92. The molecular weight excluding hydrogens is 376 g/mol. The molecule has 1 heterocycles. The number of rotatable bonds is 9. The first-order chi connectivity index (χ1) is 13.4. The van der Waals surface area contributed by atoms with Crippen molar-refractivity contribution in [2.24, 2.45) is 4.99 Å². The first-order valence-corrected chi connectivity index (χ1v) is 12.0. The van der Waals surface area contributed by atoms with E-state index in [-0.39, 0.29) is 0 Å². The van der Waals surface area contributed by atoms with Gasteiger partial charge in [0, 0.05) is 31.9 Å². The zero-order valence-electron chi connectivity index (χ0n) is 17.3. The summed E-state index contributed by atoms with van der Waals surface area (Å²) in [7, 11) is -3.18. The Morgan fingerprint density at radius 3 is 2.46 bits per heavy atom. The third kappa shape index (κ3) is 7.67. The van der Waals surface area contributed by atoms with Crippen LogP contribution in [0.5, 0.6) is 5.75 Å². The molecule has 1 fully saturated rings. The second-order valence-corrected chi connectivity index (χ2v) is 9.13. The van der Waals surface area contributed by atoms with Crippen LogP contribution in [0.1, 0.15) is 33.1 Å². The van der Waals surface area contributed by atoms with E-state index in [1.54, 1.807) is 24.3 Å². The lowest BCUT2D eigenvalue weighted by Crippen LogP contribution is -2.48. The number of nitrogens with zero attached hydrogens (tertiary/aromatic N) is 2. The summed E-state index contributed by atoms with van der Waals surface area (Å²) >= 11 is 0. The highest BCUT2D eigenvalue weighted by molar-refractivity contribution is 7.90. The molecule has 1 saturated heterocycles. The summed E-state index contributed by atoms with van der Waals surface area (Å²) in [5.41, 5.74) is 0. The summed E-state index contributed by atoms with van der Waals surface area (Å²) in [6.07, 6.45) is 4.67. The Kier molecular flexibility index (Phi) is 9.05. The van der Waals surface area contributed by atoms with Gasteiger partial charge in [0.25, 0.3) is 0 Å². The molecule has 1 aromatic carbocycles. The van der Waals surface area contributed by atoms with Crippen molar-refractivity contribution in [3.05, 3.63) is 24.3 Å². The van der Waals surface area contributed by atoms with Crippen molar-refractivity contribution in [1.29, 1.82) is 0 Å². The summed E-state index contributed by atoms with van der Waals surface area (Å²) in [6.45, 7) is 9.51. The maximum atomic E-state index is 11.5. The normalized spacial score (nSPS) is 16.8. The third-order valence-corrected chi connectivity index (χ3v) is 5.82. The van der Waals surface area contributed by atoms with E-state index in [0.717, 1.165) is 38.4 Å². The summed E-state index contributed by atoms with van der Waals surface area (Å²) in [5, 5.41) is 6.82. The van der Waals surface area contributed by atoms with Crippen LogP contribution in [-0.4, -0.2) is 70.9 Å². The number of hydrogen-bond acceptors (Lipinski definition) is 5. The lowest BCUT2D eigenvalue weighted by molar-refractivity contribution is 0.206. The number of likely N-dealkylation sites (tertiary alicyclic amines) is 1. The Morgan fingerprint density at radius 1 is 1.21 bits per heavy atom. The van der Waals surface area contributed by atoms with Gasteiger partial charge >= 0.3 is 0 Å². The van der Waals surface area contributed by atoms with Crippen molar-refractivity contribution in [3.63, 3.8) is 0 Å². The molecule has 2 N–H and O–H groups in total. The Labute approximate surface area is 169 Å². The standard InChI is InChI=1S/C20H34N4O3S/c1-4-13-24-14-10-17(11-15-24)23-20(21-5-2)22-12-16-27-18-6-8-19(9-7-18)28(3,25)26/h6-9,17H,4-5,10-16H2,1-3H3,(H2,21,22,23). The van der Waals surface area contributed by atoms with Gasteiger partial charge in [-0.3, -0.25) is 0 Å². The van der Waals surface area contributed by atoms with Gasteiger partial charge in [-0.25, -0.2) is 13.4 Å². The fourth-order valence-corrected chi connectivity index (χ4v) is 3.86. The van der Waals surface area contributed by atoms with Crippen molar-refractivity contribution in [2.75, 3.05) is 45.6 Å². The molecule has 0 bridgehead atoms. The van der Waals surface area contributed by atoms with Gasteiger partial charge in [-0.15, -0.1) is 0 Å². The van der Waals surface area contributed by atoms with Crippen LogP contribution in [0.25, 0.3) is 0 Å². The molecule has 0 atom stereocenters. The van der Waals surface area contributed by atoms with Gasteiger partial charge < -0.3 is 20.3 Å². The molecule has 0 spiro atoms. The van der Waals surface area contributed by atoms with Crippen molar-refractivity contribution >= 4 is 15.8 Å². The largest absolute Gasteiger partial charge is 0.492 e. The molecule has 0 aromatic heterocycles. The van der Waals surface area contributed by atoms with Gasteiger partial charge in [-0.05, 0) is 57.0 Å². The number of aliphatic imine (C=N–C) groups is 1. The van der Waals surface area contributed by atoms with Crippen LogP contribution in [0.15, 0.2) is 34.2 Å². The zero-order chi connectivity index (χ0) is 20.4. The molecule has 8 heteroatoms. The number of guanidine groups is 1. The maximum Gasteiger partial charge on any atom is 0.191 e. The van der Waals surface area contributed by atoms with E-state index in [4.69, 9.17) is 4.74 Å². The number of piperidine rings is 1. The fourth-order valence-electron chi connectivity index (χ4n) is 3.23. The third-order valence-electron chi connectivity index (χ3n) is 4.69. The van der Waals surface area contributed by atoms with Gasteiger partial charge in [-0.1, -0.05) is 6.92 Å². The van der Waals surface area contributed by atoms with Crippen molar-refractivity contribution in [2.45, 2.75) is 44.0 Å². The lowest BCUT2D eigenvalue weighted by atomic mass is 10.1. The van der Waals surface area contributed by atoms with Crippen LogP contribution in [0, 0.1) is 0 Å². The molecule has 158 valence electrons. The van der Waals surface area contributed by atoms with Gasteiger partial charge in [0.15, 0.2) is 15.8 Å². The number of ether oxygens (including phenoxy) is 1. The van der Waals surface area contributed by atoms with Gasteiger partial charge in [0.2, 0.25) is 0 Å². The number of benzene rings is 1. The molecule has 1 aliphatic rings. The molecular formula is C20H34N4O3S. The average Bonchev–Trinajstić information content (AvgIpc) is 2.67. The summed E-state index contributed by atoms with van der Waals surface area (Å²) in [5.74, 6) is 1.47. The average molecular weight is 411 g/mol. The molecule has 28 heavy (non-hydrogen) atoms. The zero-order valence-corrected chi connectivity index (χ0v) is 18.1. The molecule has 0 aliphatic carbocycles. The SMILES string of the molecule is CCCN1CCC(NC(=NCCOc2ccc(S(C)(=O)=O)cc2)NCC)CC1. The fraction of sp³-hybridized carbons (Fsp3) is 0.650. The van der Waals surface area contributed by atoms with E-state index < -0.39 is 9.84 Å². The quantitative estimate of drug-likeness (QED) is 0.368. The second-order valence-electron chi connectivity index (χ2n) is 7.11. The molecule has 7 nitrogen and oxygen atoms in total. The number of nitrogens with one attached hydrogen (secondary N) is 2. The highest BCUT2D eigenvalue weighted by atomic mass is 32.2. The first-order valence-electron chi connectivity index (χ1n) is 10.1. The van der Waals surface area contributed by atoms with Gasteiger partial charge in [0.1, 0.15) is 12.4 Å². The highest BCUT2D eigenvalue weighted by Crippen LogP contribution is 2.15. The van der Waals surface area contributed by atoms with Crippen LogP contribution in [-0.2, 0) is 9.84 Å². The predicted molar refractivity (Wildman–Crippen MR) is 114 cm³/mol. The minimum atomic E-state index is -3.18. The topological polar surface area (TPSA) is 83.0 Å². The van der Waals surface area contributed by atoms with Crippen LogP contribution in [0.3, 0.4) is 0 Å². The Hall–Kier alpha value is -1.80. The Morgan fingerprint density at radius 2 is 1.89 bits per heavy atom. The van der Waals surface area contributed by atoms with E-state index in [9.17, 15) is 8.42 Å². The molecule has 1 aromatic rings. The molecule has 0 amide bonds. The smallest absolute Gasteiger partial charge is 0.191 e. The second kappa shape index (κ2) is 11.3. The monoisotopic (exact) mass is 410 g/mol. The molecule has 1 aliphatic heterocycles. The highest BCUT2D eigenvalue weighted by Gasteiger charge is 2.19. The minimum absolute atomic E-state index is 0.293. The van der Waals surface area contributed by atoms with Gasteiger partial charge in [0.05, 0.1) is 11.4 Å².